The minimum absolute atomic E-state index is 0.247. The third kappa shape index (κ3) is 3.40. The Kier molecular flexibility index (Phi) is 3.82. The third-order valence-corrected chi connectivity index (χ3v) is 1.88. The minimum Gasteiger partial charge on any atom is -0.480 e. The highest BCUT2D eigenvalue weighted by Crippen LogP contribution is 2.12. The molecule has 5 nitrogen and oxygen atoms in total. The topological polar surface area (TPSA) is 89.6 Å². The standard InChI is InChI=1S/C10H11NO4/c11-9(10(13)14)5-7-1-3-8(4-2-7)15-6-12/h1-4,6,9H,5,11H2,(H,13,14)/t9-/m0/s1. The van der Waals surface area contributed by atoms with Crippen LogP contribution in [0.2, 0.25) is 0 Å². The number of carbonyl (C=O) groups is 2. The average molecular weight is 209 g/mol. The monoisotopic (exact) mass is 209 g/mol. The van der Waals surface area contributed by atoms with Crippen LogP contribution < -0.4 is 10.5 Å². The van der Waals surface area contributed by atoms with Crippen molar-refractivity contribution in [2.45, 2.75) is 12.5 Å². The number of carboxylic acids is 1. The number of nitrogens with two attached hydrogens (primary N) is 1. The van der Waals surface area contributed by atoms with Crippen molar-refractivity contribution in [2.75, 3.05) is 0 Å². The van der Waals surface area contributed by atoms with Crippen LogP contribution in [-0.4, -0.2) is 23.6 Å². The summed E-state index contributed by atoms with van der Waals surface area (Å²) < 4.78 is 4.59. The van der Waals surface area contributed by atoms with E-state index >= 15 is 0 Å². The lowest BCUT2D eigenvalue weighted by atomic mass is 10.1. The van der Waals surface area contributed by atoms with E-state index < -0.39 is 12.0 Å². The Morgan fingerprint density at radius 3 is 2.53 bits per heavy atom. The molecule has 0 aromatic heterocycles. The molecule has 1 aromatic carbocycles. The zero-order valence-corrected chi connectivity index (χ0v) is 7.92. The summed E-state index contributed by atoms with van der Waals surface area (Å²) in [6, 6.07) is 5.59. The number of ether oxygens (including phenoxy) is 1. The smallest absolute Gasteiger partial charge is 0.320 e. The van der Waals surface area contributed by atoms with E-state index in [4.69, 9.17) is 10.8 Å². The molecule has 5 heteroatoms. The van der Waals surface area contributed by atoms with Crippen LogP contribution in [0.5, 0.6) is 5.75 Å². The highest BCUT2D eigenvalue weighted by Gasteiger charge is 2.11. The van der Waals surface area contributed by atoms with E-state index in [1.165, 1.54) is 0 Å². The molecule has 1 atom stereocenters. The van der Waals surface area contributed by atoms with E-state index in [9.17, 15) is 9.59 Å². The lowest BCUT2D eigenvalue weighted by Crippen LogP contribution is -2.32. The number of hydrogen-bond donors (Lipinski definition) is 2. The molecule has 1 aromatic rings. The van der Waals surface area contributed by atoms with Crippen LogP contribution in [0, 0.1) is 0 Å². The lowest BCUT2D eigenvalue weighted by molar-refractivity contribution is -0.138. The van der Waals surface area contributed by atoms with E-state index in [0.717, 1.165) is 5.56 Å². The largest absolute Gasteiger partial charge is 0.480 e. The normalized spacial score (nSPS) is 11.8. The SMILES string of the molecule is N[C@@H](Cc1ccc(OC=O)cc1)C(=O)O. The van der Waals surface area contributed by atoms with Gasteiger partial charge in [-0.05, 0) is 24.1 Å². The molecule has 0 fully saturated rings. The molecule has 0 spiro atoms. The zero-order valence-electron chi connectivity index (χ0n) is 7.92. The van der Waals surface area contributed by atoms with Gasteiger partial charge in [-0.1, -0.05) is 12.1 Å². The molecule has 0 saturated heterocycles. The van der Waals surface area contributed by atoms with Crippen LogP contribution >= 0.6 is 0 Å². The summed E-state index contributed by atoms with van der Waals surface area (Å²) >= 11 is 0. The average Bonchev–Trinajstić information content (AvgIpc) is 2.21. The molecule has 0 unspecified atom stereocenters. The number of hydrogen-bond acceptors (Lipinski definition) is 4. The first-order chi connectivity index (χ1) is 7.13. The van der Waals surface area contributed by atoms with Gasteiger partial charge in [-0.2, -0.15) is 0 Å². The van der Waals surface area contributed by atoms with Crippen molar-refractivity contribution >= 4 is 12.4 Å². The number of aliphatic carboxylic acids is 1. The summed E-state index contributed by atoms with van der Waals surface area (Å²) in [4.78, 5) is 20.5. The maximum absolute atomic E-state index is 10.5. The third-order valence-electron chi connectivity index (χ3n) is 1.88. The van der Waals surface area contributed by atoms with Crippen molar-refractivity contribution in [3.05, 3.63) is 29.8 Å². The number of carbonyl (C=O) groups excluding carboxylic acids is 1. The fourth-order valence-corrected chi connectivity index (χ4v) is 1.10. The quantitative estimate of drug-likeness (QED) is 0.675. The van der Waals surface area contributed by atoms with Gasteiger partial charge >= 0.3 is 5.97 Å². The molecule has 0 aliphatic carbocycles. The zero-order chi connectivity index (χ0) is 11.3. The van der Waals surface area contributed by atoms with Gasteiger partial charge in [-0.3, -0.25) is 9.59 Å². The second-order valence-corrected chi connectivity index (χ2v) is 3.01. The van der Waals surface area contributed by atoms with Crippen molar-refractivity contribution in [1.29, 1.82) is 0 Å². The summed E-state index contributed by atoms with van der Waals surface area (Å²) in [5.41, 5.74) is 6.14. The molecule has 1 rings (SSSR count). The van der Waals surface area contributed by atoms with Crippen molar-refractivity contribution < 1.29 is 19.4 Å². The van der Waals surface area contributed by atoms with Gasteiger partial charge in [0.1, 0.15) is 11.8 Å². The highest BCUT2D eigenvalue weighted by molar-refractivity contribution is 5.73. The molecule has 0 amide bonds. The van der Waals surface area contributed by atoms with Gasteiger partial charge in [-0.25, -0.2) is 0 Å². The van der Waals surface area contributed by atoms with Crippen molar-refractivity contribution in [3.63, 3.8) is 0 Å². The fourth-order valence-electron chi connectivity index (χ4n) is 1.10. The first kappa shape index (κ1) is 11.2. The Morgan fingerprint density at radius 2 is 2.07 bits per heavy atom. The number of benzene rings is 1. The minimum atomic E-state index is -1.04. The van der Waals surface area contributed by atoms with Crippen LogP contribution in [0.1, 0.15) is 5.56 Å². The molecule has 0 radical (unpaired) electrons. The number of carboxylic acid groups (broad SMARTS) is 1. The van der Waals surface area contributed by atoms with Crippen LogP contribution in [0.15, 0.2) is 24.3 Å². The molecule has 0 saturated carbocycles. The van der Waals surface area contributed by atoms with Crippen molar-refractivity contribution in [1.82, 2.24) is 0 Å². The fraction of sp³-hybridized carbons (Fsp3) is 0.200. The Bertz CT molecular complexity index is 347. The summed E-state index contributed by atoms with van der Waals surface area (Å²) in [5.74, 6) is -0.624. The van der Waals surface area contributed by atoms with Gasteiger partial charge in [0.05, 0.1) is 0 Å². The van der Waals surface area contributed by atoms with Crippen LogP contribution in [0.4, 0.5) is 0 Å². The first-order valence-corrected chi connectivity index (χ1v) is 4.31. The van der Waals surface area contributed by atoms with Crippen molar-refractivity contribution in [2.24, 2.45) is 5.73 Å². The molecule has 80 valence electrons. The maximum atomic E-state index is 10.5. The van der Waals surface area contributed by atoms with Gasteiger partial charge in [0, 0.05) is 0 Å². The van der Waals surface area contributed by atoms with Crippen molar-refractivity contribution in [3.8, 4) is 5.75 Å². The Morgan fingerprint density at radius 1 is 1.47 bits per heavy atom. The Labute approximate surface area is 86.5 Å². The maximum Gasteiger partial charge on any atom is 0.320 e. The molecule has 0 aliphatic heterocycles. The van der Waals surface area contributed by atoms with Crippen LogP contribution in [0.25, 0.3) is 0 Å². The van der Waals surface area contributed by atoms with E-state index in [0.29, 0.717) is 12.2 Å². The van der Waals surface area contributed by atoms with Gasteiger partial charge in [0.25, 0.3) is 6.47 Å². The van der Waals surface area contributed by atoms with E-state index in [2.05, 4.69) is 4.74 Å². The van der Waals surface area contributed by atoms with Crippen LogP contribution in [-0.2, 0) is 16.0 Å². The molecule has 3 N–H and O–H groups in total. The van der Waals surface area contributed by atoms with E-state index in [-0.39, 0.29) is 6.42 Å². The Hall–Kier alpha value is -1.88. The van der Waals surface area contributed by atoms with Gasteiger partial charge < -0.3 is 15.6 Å². The van der Waals surface area contributed by atoms with E-state index in [1.807, 2.05) is 0 Å². The van der Waals surface area contributed by atoms with E-state index in [1.54, 1.807) is 24.3 Å². The second kappa shape index (κ2) is 5.11. The molecular formula is C10H11NO4. The molecule has 15 heavy (non-hydrogen) atoms. The highest BCUT2D eigenvalue weighted by atomic mass is 16.5. The molecule has 0 aliphatic rings. The summed E-state index contributed by atoms with van der Waals surface area (Å²) in [6.07, 6.45) is 0.247. The summed E-state index contributed by atoms with van der Waals surface area (Å²) in [6.45, 7) is 0.331. The summed E-state index contributed by atoms with van der Waals surface area (Å²) in [7, 11) is 0. The van der Waals surface area contributed by atoms with Gasteiger partial charge in [0.15, 0.2) is 0 Å². The lowest BCUT2D eigenvalue weighted by Gasteiger charge is -2.06. The predicted molar refractivity (Wildman–Crippen MR) is 52.4 cm³/mol. The number of rotatable bonds is 5. The molecular weight excluding hydrogens is 198 g/mol. The first-order valence-electron chi connectivity index (χ1n) is 4.31. The molecule has 0 bridgehead atoms. The second-order valence-electron chi connectivity index (χ2n) is 3.01. The van der Waals surface area contributed by atoms with Gasteiger partial charge in [0.2, 0.25) is 0 Å². The summed E-state index contributed by atoms with van der Waals surface area (Å²) in [5, 5.41) is 8.59. The Balaban J connectivity index is 2.64. The molecule has 0 heterocycles. The van der Waals surface area contributed by atoms with Crippen LogP contribution in [0.3, 0.4) is 0 Å². The van der Waals surface area contributed by atoms with Gasteiger partial charge in [-0.15, -0.1) is 0 Å². The predicted octanol–water partition coefficient (Wildman–Crippen LogP) is 0.176.